The zero-order valence-corrected chi connectivity index (χ0v) is 14.6. The van der Waals surface area contributed by atoms with E-state index in [1.54, 1.807) is 27.7 Å². The summed E-state index contributed by atoms with van der Waals surface area (Å²) in [5, 5.41) is 2.66. The van der Waals surface area contributed by atoms with E-state index in [-0.39, 0.29) is 12.5 Å². The number of carbonyl (C=O) groups is 2. The number of nitrogens with one attached hydrogen (secondary N) is 1. The maximum atomic E-state index is 12.1. The summed E-state index contributed by atoms with van der Waals surface area (Å²) >= 11 is 0. The highest BCUT2D eigenvalue weighted by Gasteiger charge is 2.23. The van der Waals surface area contributed by atoms with E-state index in [4.69, 9.17) is 9.47 Å². The van der Waals surface area contributed by atoms with Gasteiger partial charge in [-0.1, -0.05) is 24.3 Å². The van der Waals surface area contributed by atoms with E-state index < -0.39 is 17.6 Å². The maximum Gasteiger partial charge on any atom is 0.407 e. The average Bonchev–Trinajstić information content (AvgIpc) is 2.43. The van der Waals surface area contributed by atoms with Gasteiger partial charge in [-0.25, -0.2) is 4.79 Å². The van der Waals surface area contributed by atoms with Gasteiger partial charge in [0.25, 0.3) is 0 Å². The summed E-state index contributed by atoms with van der Waals surface area (Å²) < 4.78 is 10.3. The molecular weight excluding hydrogens is 294 g/mol. The molecule has 5 heteroatoms. The molecule has 0 radical (unpaired) electrons. The molecule has 0 saturated carbocycles. The minimum absolute atomic E-state index is 0.183. The van der Waals surface area contributed by atoms with Crippen LogP contribution in [0.25, 0.3) is 0 Å². The van der Waals surface area contributed by atoms with Crippen molar-refractivity contribution in [3.8, 4) is 0 Å². The van der Waals surface area contributed by atoms with Gasteiger partial charge < -0.3 is 14.8 Å². The van der Waals surface area contributed by atoms with Crippen LogP contribution in [-0.2, 0) is 20.7 Å². The van der Waals surface area contributed by atoms with E-state index in [0.717, 1.165) is 11.1 Å². The van der Waals surface area contributed by atoms with Crippen LogP contribution in [0.4, 0.5) is 4.79 Å². The molecule has 23 heavy (non-hydrogen) atoms. The van der Waals surface area contributed by atoms with Gasteiger partial charge in [0.15, 0.2) is 0 Å². The summed E-state index contributed by atoms with van der Waals surface area (Å²) in [6.45, 7) is 9.65. The lowest BCUT2D eigenvalue weighted by atomic mass is 9.96. The molecule has 0 saturated heterocycles. The van der Waals surface area contributed by atoms with Gasteiger partial charge in [-0.05, 0) is 52.2 Å². The fourth-order valence-corrected chi connectivity index (χ4v) is 2.12. The van der Waals surface area contributed by atoms with Crippen molar-refractivity contribution >= 4 is 12.1 Å². The lowest BCUT2D eigenvalue weighted by Gasteiger charge is -2.21. The number of amides is 1. The average molecular weight is 321 g/mol. The highest BCUT2D eigenvalue weighted by molar-refractivity contribution is 5.74. The fraction of sp³-hybridized carbons (Fsp3) is 0.556. The Balaban J connectivity index is 2.72. The summed E-state index contributed by atoms with van der Waals surface area (Å²) in [4.78, 5) is 23.9. The second-order valence-electron chi connectivity index (χ2n) is 6.46. The second kappa shape index (κ2) is 8.56. The van der Waals surface area contributed by atoms with Crippen molar-refractivity contribution in [3.05, 3.63) is 35.4 Å². The Morgan fingerprint density at radius 1 is 1.22 bits per heavy atom. The van der Waals surface area contributed by atoms with E-state index in [9.17, 15) is 9.59 Å². The molecule has 0 aromatic heterocycles. The quantitative estimate of drug-likeness (QED) is 0.817. The smallest absolute Gasteiger partial charge is 0.407 e. The molecule has 128 valence electrons. The molecule has 0 fully saturated rings. The Hall–Kier alpha value is -2.04. The SMILES string of the molecule is CCOC(=O)C(CNC(=O)OC(C)(C)C)Cc1ccccc1C. The molecular formula is C18H27NO4. The van der Waals surface area contributed by atoms with E-state index >= 15 is 0 Å². The first-order chi connectivity index (χ1) is 10.7. The summed E-state index contributed by atoms with van der Waals surface area (Å²) in [7, 11) is 0. The first-order valence-corrected chi connectivity index (χ1v) is 7.91. The van der Waals surface area contributed by atoms with Crippen LogP contribution in [0.2, 0.25) is 0 Å². The molecule has 0 bridgehead atoms. The number of esters is 1. The van der Waals surface area contributed by atoms with E-state index in [2.05, 4.69) is 5.32 Å². The molecule has 0 heterocycles. The predicted molar refractivity (Wildman–Crippen MR) is 89.2 cm³/mol. The number of rotatable bonds is 6. The molecule has 1 rings (SSSR count). The van der Waals surface area contributed by atoms with Gasteiger partial charge in [0.1, 0.15) is 5.60 Å². The second-order valence-corrected chi connectivity index (χ2v) is 6.46. The van der Waals surface area contributed by atoms with Gasteiger partial charge in [0.05, 0.1) is 12.5 Å². The minimum atomic E-state index is -0.570. The van der Waals surface area contributed by atoms with Crippen LogP contribution in [0.15, 0.2) is 24.3 Å². The summed E-state index contributed by atoms with van der Waals surface area (Å²) in [5.41, 5.74) is 1.61. The third-order valence-corrected chi connectivity index (χ3v) is 3.24. The van der Waals surface area contributed by atoms with Crippen molar-refractivity contribution in [3.63, 3.8) is 0 Å². The molecule has 1 N–H and O–H groups in total. The summed E-state index contributed by atoms with van der Waals surface area (Å²) in [6.07, 6.45) is -0.0158. The number of carbonyl (C=O) groups excluding carboxylic acids is 2. The lowest BCUT2D eigenvalue weighted by Crippen LogP contribution is -2.38. The van der Waals surface area contributed by atoms with Crippen LogP contribution in [0.1, 0.15) is 38.8 Å². The number of aryl methyl sites for hydroxylation is 1. The molecule has 0 spiro atoms. The molecule has 0 aliphatic carbocycles. The van der Waals surface area contributed by atoms with Crippen molar-refractivity contribution < 1.29 is 19.1 Å². The van der Waals surface area contributed by atoms with Gasteiger partial charge in [-0.2, -0.15) is 0 Å². The molecule has 1 aromatic rings. The Labute approximate surface area is 138 Å². The zero-order valence-electron chi connectivity index (χ0n) is 14.6. The van der Waals surface area contributed by atoms with Crippen LogP contribution >= 0.6 is 0 Å². The third kappa shape index (κ3) is 7.17. The van der Waals surface area contributed by atoms with Gasteiger partial charge in [-0.15, -0.1) is 0 Å². The minimum Gasteiger partial charge on any atom is -0.466 e. The van der Waals surface area contributed by atoms with Gasteiger partial charge in [-0.3, -0.25) is 4.79 Å². The topological polar surface area (TPSA) is 64.6 Å². The highest BCUT2D eigenvalue weighted by Crippen LogP contribution is 2.15. The lowest BCUT2D eigenvalue weighted by molar-refractivity contribution is -0.147. The molecule has 1 amide bonds. The number of ether oxygens (including phenoxy) is 2. The summed E-state index contributed by atoms with van der Waals surface area (Å²) in [5.74, 6) is -0.754. The van der Waals surface area contributed by atoms with Crippen molar-refractivity contribution in [1.29, 1.82) is 0 Å². The molecule has 1 atom stereocenters. The Morgan fingerprint density at radius 3 is 2.43 bits per heavy atom. The van der Waals surface area contributed by atoms with Crippen molar-refractivity contribution in [2.75, 3.05) is 13.2 Å². The number of benzene rings is 1. The van der Waals surface area contributed by atoms with Crippen LogP contribution < -0.4 is 5.32 Å². The molecule has 0 aliphatic heterocycles. The predicted octanol–water partition coefficient (Wildman–Crippen LogP) is 3.24. The Morgan fingerprint density at radius 2 is 1.87 bits per heavy atom. The standard InChI is InChI=1S/C18H27NO4/c1-6-22-16(20)15(11-14-10-8-7-9-13(14)2)12-19-17(21)23-18(3,4)5/h7-10,15H,6,11-12H2,1-5H3,(H,19,21). The first kappa shape index (κ1) is 19.0. The van der Waals surface area contributed by atoms with Crippen LogP contribution in [0.3, 0.4) is 0 Å². The first-order valence-electron chi connectivity index (χ1n) is 7.91. The van der Waals surface area contributed by atoms with Crippen LogP contribution in [0.5, 0.6) is 0 Å². The largest absolute Gasteiger partial charge is 0.466 e. The molecule has 1 unspecified atom stereocenters. The van der Waals surface area contributed by atoms with Gasteiger partial charge >= 0.3 is 12.1 Å². The molecule has 1 aromatic carbocycles. The normalized spacial score (nSPS) is 12.4. The summed E-state index contributed by atoms with van der Waals surface area (Å²) in [6, 6.07) is 7.87. The van der Waals surface area contributed by atoms with E-state index in [1.165, 1.54) is 0 Å². The Bertz CT molecular complexity index is 534. The van der Waals surface area contributed by atoms with E-state index in [1.807, 2.05) is 31.2 Å². The third-order valence-electron chi connectivity index (χ3n) is 3.24. The van der Waals surface area contributed by atoms with Crippen LogP contribution in [0, 0.1) is 12.8 Å². The van der Waals surface area contributed by atoms with Crippen molar-refractivity contribution in [2.24, 2.45) is 5.92 Å². The van der Waals surface area contributed by atoms with Crippen molar-refractivity contribution in [1.82, 2.24) is 5.32 Å². The molecule has 0 aliphatic rings. The number of hydrogen-bond acceptors (Lipinski definition) is 4. The van der Waals surface area contributed by atoms with Gasteiger partial charge in [0.2, 0.25) is 0 Å². The van der Waals surface area contributed by atoms with Gasteiger partial charge in [0, 0.05) is 6.54 Å². The van der Waals surface area contributed by atoms with E-state index in [0.29, 0.717) is 13.0 Å². The van der Waals surface area contributed by atoms with Crippen molar-refractivity contribution in [2.45, 2.75) is 46.6 Å². The van der Waals surface area contributed by atoms with Crippen LogP contribution in [-0.4, -0.2) is 30.8 Å². The number of hydrogen-bond donors (Lipinski definition) is 1. The highest BCUT2D eigenvalue weighted by atomic mass is 16.6. The fourth-order valence-electron chi connectivity index (χ4n) is 2.12. The zero-order chi connectivity index (χ0) is 17.5. The maximum absolute atomic E-state index is 12.1. The molecule has 5 nitrogen and oxygen atoms in total. The number of alkyl carbamates (subject to hydrolysis) is 1. The Kier molecular flexibility index (Phi) is 7.07. The monoisotopic (exact) mass is 321 g/mol.